The van der Waals surface area contributed by atoms with Crippen molar-refractivity contribution in [3.05, 3.63) is 0 Å². The summed E-state index contributed by atoms with van der Waals surface area (Å²) in [5.74, 6) is -0.989. The van der Waals surface area contributed by atoms with Crippen LogP contribution in [0.15, 0.2) is 0 Å². The molecule has 0 saturated heterocycles. The molecule has 33 heavy (non-hydrogen) atoms. The van der Waals surface area contributed by atoms with Crippen LogP contribution < -0.4 is 0 Å². The van der Waals surface area contributed by atoms with E-state index < -0.39 is 42.6 Å². The van der Waals surface area contributed by atoms with Crippen LogP contribution in [0.2, 0.25) is 0 Å². The largest absolute Gasteiger partial charge is 0.508 e. The number of rotatable bonds is 16. The van der Waals surface area contributed by atoms with E-state index in [1.54, 1.807) is 13.8 Å². The van der Waals surface area contributed by atoms with Crippen LogP contribution in [-0.2, 0) is 42.7 Å². The molecule has 0 saturated carbocycles. The van der Waals surface area contributed by atoms with Gasteiger partial charge in [0.25, 0.3) is 0 Å². The maximum atomic E-state index is 11.7. The standard InChI is InChI=1S/C21H36O12/c1-14(22)10-30-20(25)32-16(3)12-28-18(23)8-6-7-9-19(24)29-13-17(4)33-21(26)31-11-15(2)27-5/h14-17,22H,6-13H2,1-5H3. The topological polar surface area (TPSA) is 153 Å². The van der Waals surface area contributed by atoms with Gasteiger partial charge in [-0.3, -0.25) is 9.59 Å². The van der Waals surface area contributed by atoms with E-state index in [1.807, 2.05) is 0 Å². The molecule has 12 nitrogen and oxygen atoms in total. The summed E-state index contributed by atoms with van der Waals surface area (Å²) in [5, 5.41) is 9.02. The van der Waals surface area contributed by atoms with Crippen LogP contribution >= 0.6 is 0 Å². The van der Waals surface area contributed by atoms with Gasteiger partial charge in [0, 0.05) is 20.0 Å². The lowest BCUT2D eigenvalue weighted by Gasteiger charge is -2.15. The van der Waals surface area contributed by atoms with Crippen LogP contribution in [0.3, 0.4) is 0 Å². The van der Waals surface area contributed by atoms with Crippen molar-refractivity contribution in [2.24, 2.45) is 0 Å². The van der Waals surface area contributed by atoms with Gasteiger partial charge in [-0.1, -0.05) is 0 Å². The third-order valence-corrected chi connectivity index (χ3v) is 3.85. The van der Waals surface area contributed by atoms with Gasteiger partial charge in [-0.05, 0) is 40.5 Å². The summed E-state index contributed by atoms with van der Waals surface area (Å²) >= 11 is 0. The summed E-state index contributed by atoms with van der Waals surface area (Å²) in [6.45, 7) is 5.86. The third kappa shape index (κ3) is 18.7. The maximum Gasteiger partial charge on any atom is 0.508 e. The van der Waals surface area contributed by atoms with E-state index in [1.165, 1.54) is 21.0 Å². The zero-order valence-electron chi connectivity index (χ0n) is 19.9. The average Bonchev–Trinajstić information content (AvgIpc) is 2.76. The van der Waals surface area contributed by atoms with Gasteiger partial charge < -0.3 is 38.3 Å². The summed E-state index contributed by atoms with van der Waals surface area (Å²) < 4.78 is 34.2. The monoisotopic (exact) mass is 480 g/mol. The minimum absolute atomic E-state index is 0.0483. The van der Waals surface area contributed by atoms with E-state index in [9.17, 15) is 19.2 Å². The predicted molar refractivity (Wildman–Crippen MR) is 112 cm³/mol. The Labute approximate surface area is 193 Å². The van der Waals surface area contributed by atoms with Crippen molar-refractivity contribution in [2.75, 3.05) is 33.5 Å². The maximum absolute atomic E-state index is 11.7. The summed E-state index contributed by atoms with van der Waals surface area (Å²) in [7, 11) is 1.49. The molecule has 12 heteroatoms. The third-order valence-electron chi connectivity index (χ3n) is 3.85. The zero-order valence-corrected chi connectivity index (χ0v) is 19.9. The van der Waals surface area contributed by atoms with E-state index in [4.69, 9.17) is 33.5 Å². The van der Waals surface area contributed by atoms with Crippen molar-refractivity contribution in [3.8, 4) is 0 Å². The van der Waals surface area contributed by atoms with E-state index in [2.05, 4.69) is 4.74 Å². The molecule has 0 rings (SSSR count). The van der Waals surface area contributed by atoms with Gasteiger partial charge in [0.2, 0.25) is 0 Å². The number of hydrogen-bond acceptors (Lipinski definition) is 12. The van der Waals surface area contributed by atoms with Crippen molar-refractivity contribution >= 4 is 24.2 Å². The lowest BCUT2D eigenvalue weighted by molar-refractivity contribution is -0.149. The summed E-state index contributed by atoms with van der Waals surface area (Å²) in [6, 6.07) is 0. The summed E-state index contributed by atoms with van der Waals surface area (Å²) in [4.78, 5) is 46.2. The highest BCUT2D eigenvalue weighted by atomic mass is 16.7. The van der Waals surface area contributed by atoms with E-state index in [-0.39, 0.29) is 45.4 Å². The minimum Gasteiger partial charge on any atom is -0.462 e. The van der Waals surface area contributed by atoms with Gasteiger partial charge in [0.15, 0.2) is 0 Å². The SMILES string of the molecule is COC(C)COC(=O)OC(C)COC(=O)CCCCC(=O)OCC(C)OC(=O)OCC(C)O. The molecule has 0 aromatic heterocycles. The lowest BCUT2D eigenvalue weighted by Crippen LogP contribution is -2.25. The molecule has 0 radical (unpaired) electrons. The fourth-order valence-electron chi connectivity index (χ4n) is 2.01. The zero-order chi connectivity index (χ0) is 25.2. The average molecular weight is 481 g/mol. The van der Waals surface area contributed by atoms with Crippen LogP contribution in [0.25, 0.3) is 0 Å². The number of aliphatic hydroxyl groups excluding tert-OH is 1. The van der Waals surface area contributed by atoms with E-state index in [0.29, 0.717) is 12.8 Å². The van der Waals surface area contributed by atoms with Crippen LogP contribution in [0.5, 0.6) is 0 Å². The predicted octanol–water partition coefficient (Wildman–Crippen LogP) is 2.13. The fraction of sp³-hybridized carbons (Fsp3) is 0.810. The van der Waals surface area contributed by atoms with Crippen LogP contribution in [0, 0.1) is 0 Å². The highest BCUT2D eigenvalue weighted by Gasteiger charge is 2.16. The Balaban J connectivity index is 3.81. The van der Waals surface area contributed by atoms with Gasteiger partial charge >= 0.3 is 24.2 Å². The minimum atomic E-state index is -0.963. The quantitative estimate of drug-likeness (QED) is 0.195. The van der Waals surface area contributed by atoms with Gasteiger partial charge in [0.1, 0.15) is 38.6 Å². The van der Waals surface area contributed by atoms with Crippen LogP contribution in [0.1, 0.15) is 53.4 Å². The van der Waals surface area contributed by atoms with Crippen molar-refractivity contribution in [1.29, 1.82) is 0 Å². The molecule has 4 unspecified atom stereocenters. The molecule has 4 atom stereocenters. The number of carbonyl (C=O) groups is 4. The first kappa shape index (κ1) is 30.4. The molecule has 0 aromatic carbocycles. The van der Waals surface area contributed by atoms with Gasteiger partial charge in [0.05, 0.1) is 12.2 Å². The normalized spacial score (nSPS) is 14.2. The highest BCUT2D eigenvalue weighted by Crippen LogP contribution is 2.06. The molecule has 0 amide bonds. The first-order chi connectivity index (χ1) is 15.5. The molecule has 0 aliphatic carbocycles. The Bertz CT molecular complexity index is 592. The smallest absolute Gasteiger partial charge is 0.462 e. The Morgan fingerprint density at radius 3 is 1.42 bits per heavy atom. The Kier molecular flexibility index (Phi) is 16.5. The molecule has 0 aliphatic heterocycles. The Morgan fingerprint density at radius 2 is 1.03 bits per heavy atom. The molecule has 1 N–H and O–H groups in total. The number of unbranched alkanes of at least 4 members (excludes halogenated alkanes) is 1. The van der Waals surface area contributed by atoms with E-state index in [0.717, 1.165) is 0 Å². The van der Waals surface area contributed by atoms with Gasteiger partial charge in [-0.2, -0.15) is 0 Å². The van der Waals surface area contributed by atoms with Gasteiger partial charge in [-0.25, -0.2) is 9.59 Å². The number of methoxy groups -OCH3 is 1. The second-order valence-electron chi connectivity index (χ2n) is 7.45. The molecule has 0 bridgehead atoms. The summed E-state index contributed by atoms with van der Waals surface area (Å²) in [6.07, 6.45) is -3.33. The molecule has 0 heterocycles. The molecule has 0 aromatic rings. The van der Waals surface area contributed by atoms with Gasteiger partial charge in [-0.15, -0.1) is 0 Å². The van der Waals surface area contributed by atoms with Crippen LogP contribution in [0.4, 0.5) is 9.59 Å². The second kappa shape index (κ2) is 17.9. The Morgan fingerprint density at radius 1 is 0.636 bits per heavy atom. The number of carbonyl (C=O) groups excluding carboxylic acids is 4. The highest BCUT2D eigenvalue weighted by molar-refractivity contribution is 5.70. The lowest BCUT2D eigenvalue weighted by atomic mass is 10.2. The Hall–Kier alpha value is -2.60. The number of hydrogen-bond donors (Lipinski definition) is 1. The first-order valence-corrected chi connectivity index (χ1v) is 10.7. The molecule has 0 aliphatic rings. The molecule has 0 spiro atoms. The number of esters is 2. The van der Waals surface area contributed by atoms with Crippen molar-refractivity contribution < 1.29 is 57.4 Å². The molecular formula is C21H36O12. The molecular weight excluding hydrogens is 444 g/mol. The fourth-order valence-corrected chi connectivity index (χ4v) is 2.01. The first-order valence-electron chi connectivity index (χ1n) is 10.7. The number of ether oxygens (including phenoxy) is 7. The van der Waals surface area contributed by atoms with Crippen molar-refractivity contribution in [3.63, 3.8) is 0 Å². The van der Waals surface area contributed by atoms with Crippen molar-refractivity contribution in [1.82, 2.24) is 0 Å². The van der Waals surface area contributed by atoms with Crippen LogP contribution in [-0.4, -0.2) is 87.3 Å². The van der Waals surface area contributed by atoms with E-state index >= 15 is 0 Å². The summed E-state index contributed by atoms with van der Waals surface area (Å²) in [5.41, 5.74) is 0. The van der Waals surface area contributed by atoms with Crippen molar-refractivity contribution in [2.45, 2.75) is 77.8 Å². The molecule has 0 fully saturated rings. The second-order valence-corrected chi connectivity index (χ2v) is 7.45. The molecule has 192 valence electrons. The number of aliphatic hydroxyl groups is 1.